The lowest BCUT2D eigenvalue weighted by atomic mass is 10.2. The first-order chi connectivity index (χ1) is 9.58. The number of aromatic nitrogens is 4. The van der Waals surface area contributed by atoms with Gasteiger partial charge >= 0.3 is 6.09 Å². The van der Waals surface area contributed by atoms with Crippen molar-refractivity contribution in [2.75, 3.05) is 0 Å². The van der Waals surface area contributed by atoms with Crippen LogP contribution < -0.4 is 0 Å². The molecule has 1 unspecified atom stereocenters. The summed E-state index contributed by atoms with van der Waals surface area (Å²) < 4.78 is 0.600. The molecule has 0 aliphatic rings. The van der Waals surface area contributed by atoms with E-state index < -0.39 is 12.1 Å². The zero-order valence-electron chi connectivity index (χ0n) is 10.6. The van der Waals surface area contributed by atoms with E-state index in [9.17, 15) is 9.90 Å². The van der Waals surface area contributed by atoms with Crippen molar-refractivity contribution in [3.8, 4) is 0 Å². The molecule has 0 aliphatic heterocycles. The third-order valence-corrected chi connectivity index (χ3v) is 3.12. The maximum atomic E-state index is 11.4. The standard InChI is InChI=1S/C12H12BrN5O2/c1-8(11-14-5-2-6-15-11)18(12(19)20)7-9-3-4-10(13)17-16-9/h2-6,8H,7H2,1H3,(H,19,20). The molecular formula is C12H12BrN5O2. The van der Waals surface area contributed by atoms with Gasteiger partial charge in [-0.05, 0) is 41.1 Å². The first-order valence-corrected chi connectivity index (χ1v) is 6.62. The number of rotatable bonds is 4. The summed E-state index contributed by atoms with van der Waals surface area (Å²) in [6, 6.07) is 4.64. The first kappa shape index (κ1) is 14.3. The van der Waals surface area contributed by atoms with Gasteiger partial charge in [0.15, 0.2) is 5.82 Å². The summed E-state index contributed by atoms with van der Waals surface area (Å²) in [6.07, 6.45) is 2.10. The van der Waals surface area contributed by atoms with E-state index >= 15 is 0 Å². The van der Waals surface area contributed by atoms with Gasteiger partial charge in [0.2, 0.25) is 0 Å². The molecule has 2 aromatic heterocycles. The van der Waals surface area contributed by atoms with Crippen LogP contribution in [-0.4, -0.2) is 36.3 Å². The van der Waals surface area contributed by atoms with E-state index in [2.05, 4.69) is 36.1 Å². The number of nitrogens with zero attached hydrogens (tertiary/aromatic N) is 5. The molecule has 7 nitrogen and oxygen atoms in total. The van der Waals surface area contributed by atoms with Crippen LogP contribution >= 0.6 is 15.9 Å². The van der Waals surface area contributed by atoms with E-state index in [1.54, 1.807) is 37.5 Å². The summed E-state index contributed by atoms with van der Waals surface area (Å²) in [6.45, 7) is 1.85. The van der Waals surface area contributed by atoms with Crippen LogP contribution in [0.3, 0.4) is 0 Å². The molecule has 0 aromatic carbocycles. The van der Waals surface area contributed by atoms with E-state index in [0.717, 1.165) is 0 Å². The van der Waals surface area contributed by atoms with Crippen LogP contribution in [0.15, 0.2) is 35.2 Å². The Kier molecular flexibility index (Phi) is 4.57. The number of hydrogen-bond donors (Lipinski definition) is 1. The molecule has 2 rings (SSSR count). The van der Waals surface area contributed by atoms with Crippen LogP contribution in [-0.2, 0) is 6.54 Å². The van der Waals surface area contributed by atoms with Gasteiger partial charge in [0.05, 0.1) is 18.3 Å². The second kappa shape index (κ2) is 6.38. The van der Waals surface area contributed by atoms with Crippen LogP contribution in [0.4, 0.5) is 4.79 Å². The molecule has 1 N–H and O–H groups in total. The van der Waals surface area contributed by atoms with Crippen LogP contribution in [0, 0.1) is 0 Å². The molecule has 104 valence electrons. The summed E-state index contributed by atoms with van der Waals surface area (Å²) in [5.41, 5.74) is 0.554. The zero-order valence-corrected chi connectivity index (χ0v) is 12.2. The fourth-order valence-electron chi connectivity index (χ4n) is 1.64. The second-order valence-electron chi connectivity index (χ2n) is 4.04. The predicted octanol–water partition coefficient (Wildman–Crippen LogP) is 2.27. The summed E-state index contributed by atoms with van der Waals surface area (Å²) in [5, 5.41) is 17.1. The number of amides is 1. The number of halogens is 1. The summed E-state index contributed by atoms with van der Waals surface area (Å²) >= 11 is 3.18. The Hall–Kier alpha value is -2.09. The molecule has 0 bridgehead atoms. The van der Waals surface area contributed by atoms with Crippen molar-refractivity contribution in [1.82, 2.24) is 25.1 Å². The van der Waals surface area contributed by atoms with Crippen LogP contribution in [0.5, 0.6) is 0 Å². The number of carboxylic acid groups (broad SMARTS) is 1. The lowest BCUT2D eigenvalue weighted by Crippen LogP contribution is -2.33. The van der Waals surface area contributed by atoms with Crippen LogP contribution in [0.2, 0.25) is 0 Å². The largest absolute Gasteiger partial charge is 0.465 e. The molecule has 0 spiro atoms. The highest BCUT2D eigenvalue weighted by Gasteiger charge is 2.23. The minimum Gasteiger partial charge on any atom is -0.465 e. The minimum atomic E-state index is -1.06. The molecule has 0 fully saturated rings. The van der Waals surface area contributed by atoms with Crippen molar-refractivity contribution < 1.29 is 9.90 Å². The molecule has 0 radical (unpaired) electrons. The van der Waals surface area contributed by atoms with Crippen molar-refractivity contribution >= 4 is 22.0 Å². The van der Waals surface area contributed by atoms with Gasteiger partial charge in [-0.1, -0.05) is 0 Å². The van der Waals surface area contributed by atoms with Gasteiger partial charge < -0.3 is 5.11 Å². The Balaban J connectivity index is 2.19. The average molecular weight is 338 g/mol. The van der Waals surface area contributed by atoms with E-state index in [0.29, 0.717) is 16.1 Å². The SMILES string of the molecule is CC(c1ncccn1)N(Cc1ccc(Br)nn1)C(=O)O. The molecule has 8 heteroatoms. The summed E-state index contributed by atoms with van der Waals surface area (Å²) in [5.74, 6) is 0.444. The quantitative estimate of drug-likeness (QED) is 0.919. The third kappa shape index (κ3) is 3.47. The molecule has 1 amide bonds. The minimum absolute atomic E-state index is 0.120. The van der Waals surface area contributed by atoms with Crippen LogP contribution in [0.1, 0.15) is 24.5 Å². The van der Waals surface area contributed by atoms with Gasteiger partial charge in [-0.25, -0.2) is 14.8 Å². The highest BCUT2D eigenvalue weighted by atomic mass is 79.9. The van der Waals surface area contributed by atoms with Gasteiger partial charge in [0.25, 0.3) is 0 Å². The van der Waals surface area contributed by atoms with E-state index in [-0.39, 0.29) is 6.54 Å². The maximum absolute atomic E-state index is 11.4. The molecule has 2 heterocycles. The van der Waals surface area contributed by atoms with E-state index in [4.69, 9.17) is 0 Å². The highest BCUT2D eigenvalue weighted by molar-refractivity contribution is 9.10. The number of hydrogen-bond acceptors (Lipinski definition) is 5. The van der Waals surface area contributed by atoms with E-state index in [1.165, 1.54) is 4.90 Å². The monoisotopic (exact) mass is 337 g/mol. The van der Waals surface area contributed by atoms with Gasteiger partial charge in [0.1, 0.15) is 4.60 Å². The summed E-state index contributed by atoms with van der Waals surface area (Å²) in [7, 11) is 0. The Morgan fingerprint density at radius 1 is 1.35 bits per heavy atom. The molecule has 2 aromatic rings. The molecular weight excluding hydrogens is 326 g/mol. The predicted molar refractivity (Wildman–Crippen MR) is 73.7 cm³/mol. The smallest absolute Gasteiger partial charge is 0.408 e. The third-order valence-electron chi connectivity index (χ3n) is 2.69. The van der Waals surface area contributed by atoms with Gasteiger partial charge in [0, 0.05) is 12.4 Å². The lowest BCUT2D eigenvalue weighted by Gasteiger charge is -2.24. The van der Waals surface area contributed by atoms with Crippen molar-refractivity contribution in [2.45, 2.75) is 19.5 Å². The topological polar surface area (TPSA) is 92.1 Å². The van der Waals surface area contributed by atoms with Crippen molar-refractivity contribution in [1.29, 1.82) is 0 Å². The Bertz CT molecular complexity index is 578. The van der Waals surface area contributed by atoms with Crippen molar-refractivity contribution in [3.63, 3.8) is 0 Å². The molecule has 0 saturated heterocycles. The maximum Gasteiger partial charge on any atom is 0.408 e. The summed E-state index contributed by atoms with van der Waals surface area (Å²) in [4.78, 5) is 20.8. The normalized spacial score (nSPS) is 11.9. The molecule has 1 atom stereocenters. The zero-order chi connectivity index (χ0) is 14.5. The Labute approximate surface area is 123 Å². The van der Waals surface area contributed by atoms with Gasteiger partial charge in [-0.3, -0.25) is 4.90 Å². The van der Waals surface area contributed by atoms with Crippen LogP contribution in [0.25, 0.3) is 0 Å². The van der Waals surface area contributed by atoms with Gasteiger partial charge in [-0.2, -0.15) is 5.10 Å². The fourth-order valence-corrected chi connectivity index (χ4v) is 1.85. The van der Waals surface area contributed by atoms with E-state index in [1.807, 2.05) is 0 Å². The van der Waals surface area contributed by atoms with Gasteiger partial charge in [-0.15, -0.1) is 5.10 Å². The van der Waals surface area contributed by atoms with Crippen molar-refractivity contribution in [2.24, 2.45) is 0 Å². The lowest BCUT2D eigenvalue weighted by molar-refractivity contribution is 0.121. The first-order valence-electron chi connectivity index (χ1n) is 5.82. The Morgan fingerprint density at radius 3 is 2.60 bits per heavy atom. The highest BCUT2D eigenvalue weighted by Crippen LogP contribution is 2.18. The molecule has 0 aliphatic carbocycles. The second-order valence-corrected chi connectivity index (χ2v) is 4.85. The molecule has 0 saturated carbocycles. The average Bonchev–Trinajstić information content (AvgIpc) is 2.46. The fraction of sp³-hybridized carbons (Fsp3) is 0.250. The Morgan fingerprint density at radius 2 is 2.05 bits per heavy atom. The van der Waals surface area contributed by atoms with Crippen molar-refractivity contribution in [3.05, 3.63) is 46.7 Å². The number of carbonyl (C=O) groups is 1. The molecule has 20 heavy (non-hydrogen) atoms.